The Bertz CT molecular complexity index is 1260. The molecular weight excluding hydrogens is 558 g/mol. The third kappa shape index (κ3) is 3.42. The SMILES string of the molecule is OC1COC23C1O[C@H](Sc1cncc(Br)c1)C(O)C2C3n1cc(-c2cc(F)c(Cl)c(F)c2)nn1. The quantitative estimate of drug-likeness (QED) is 0.459. The minimum Gasteiger partial charge on any atom is -0.389 e. The van der Waals surface area contributed by atoms with E-state index < -0.39 is 58.0 Å². The molecule has 178 valence electrons. The number of hydrogen-bond acceptors (Lipinski definition) is 8. The molecule has 6 rings (SSSR count). The van der Waals surface area contributed by atoms with Gasteiger partial charge in [-0.15, -0.1) is 5.10 Å². The number of halogens is 4. The fourth-order valence-corrected chi connectivity index (χ4v) is 6.68. The second-order valence-electron chi connectivity index (χ2n) is 8.41. The lowest BCUT2D eigenvalue weighted by molar-refractivity contribution is -0.138. The van der Waals surface area contributed by atoms with Gasteiger partial charge in [0.1, 0.15) is 45.6 Å². The Morgan fingerprint density at radius 1 is 1.21 bits per heavy atom. The first-order chi connectivity index (χ1) is 16.3. The predicted molar refractivity (Wildman–Crippen MR) is 120 cm³/mol. The van der Waals surface area contributed by atoms with Crippen LogP contribution in [0.4, 0.5) is 8.78 Å². The van der Waals surface area contributed by atoms with Crippen LogP contribution in [-0.4, -0.2) is 66.1 Å². The van der Waals surface area contributed by atoms with Crippen LogP contribution >= 0.6 is 39.3 Å². The number of hydrogen-bond donors (Lipinski definition) is 2. The average Bonchev–Trinajstić information content (AvgIpc) is 3.07. The van der Waals surface area contributed by atoms with Crippen molar-refractivity contribution in [2.45, 2.75) is 40.3 Å². The number of ether oxygens (including phenoxy) is 2. The summed E-state index contributed by atoms with van der Waals surface area (Å²) in [5.41, 5.74) is -1.26. The standard InChI is InChI=1S/C21H16BrClF2N4O4S/c22-9-3-10(5-26-4-9)34-20-17(31)15-18(21(15)19(33-20)14(30)7-32-21)29-6-13(27-28-29)8-1-11(24)16(23)12(25)2-8/h1-6,14-15,17-20,30-31H,7H2/t14?,15?,17?,18?,19?,20-,21?/m1/s1. The van der Waals surface area contributed by atoms with E-state index in [4.69, 9.17) is 21.1 Å². The number of rotatable bonds is 4. The highest BCUT2D eigenvalue weighted by molar-refractivity contribution is 9.10. The molecule has 3 fully saturated rings. The molecule has 1 aromatic carbocycles. The maximum Gasteiger partial charge on any atom is 0.145 e. The van der Waals surface area contributed by atoms with Gasteiger partial charge in [-0.3, -0.25) is 4.98 Å². The molecule has 4 heterocycles. The largest absolute Gasteiger partial charge is 0.389 e. The molecule has 8 nitrogen and oxygen atoms in total. The number of aliphatic hydroxyl groups is 2. The van der Waals surface area contributed by atoms with Gasteiger partial charge in [0.25, 0.3) is 0 Å². The summed E-state index contributed by atoms with van der Waals surface area (Å²) in [5.74, 6) is -2.25. The van der Waals surface area contributed by atoms with E-state index in [-0.39, 0.29) is 17.9 Å². The zero-order chi connectivity index (χ0) is 23.8. The van der Waals surface area contributed by atoms with Crippen LogP contribution in [0.25, 0.3) is 11.3 Å². The number of benzene rings is 1. The van der Waals surface area contributed by atoms with Gasteiger partial charge in [0.15, 0.2) is 0 Å². The molecular formula is C21H16BrClF2N4O4S. The van der Waals surface area contributed by atoms with Gasteiger partial charge in [0, 0.05) is 33.2 Å². The third-order valence-corrected chi connectivity index (χ3v) is 8.36. The Labute approximate surface area is 209 Å². The number of nitrogens with zero attached hydrogens (tertiary/aromatic N) is 4. The van der Waals surface area contributed by atoms with Gasteiger partial charge in [0.2, 0.25) is 0 Å². The maximum atomic E-state index is 13.9. The van der Waals surface area contributed by atoms with E-state index in [1.165, 1.54) is 22.6 Å². The molecule has 0 bridgehead atoms. The van der Waals surface area contributed by atoms with Crippen molar-refractivity contribution in [1.29, 1.82) is 0 Å². The molecule has 2 aromatic heterocycles. The van der Waals surface area contributed by atoms with Crippen LogP contribution in [0, 0.1) is 17.6 Å². The van der Waals surface area contributed by atoms with Gasteiger partial charge < -0.3 is 19.7 Å². The molecule has 1 aliphatic carbocycles. The fraction of sp³-hybridized carbons (Fsp3) is 0.381. The number of pyridine rings is 1. The monoisotopic (exact) mass is 572 g/mol. The van der Waals surface area contributed by atoms with E-state index in [0.29, 0.717) is 0 Å². The summed E-state index contributed by atoms with van der Waals surface area (Å²) in [6.07, 6.45) is 2.31. The molecule has 2 saturated heterocycles. The lowest BCUT2D eigenvalue weighted by Crippen LogP contribution is -2.49. The van der Waals surface area contributed by atoms with Crippen LogP contribution in [0.3, 0.4) is 0 Å². The molecule has 7 atom stereocenters. The fourth-order valence-electron chi connectivity index (χ4n) is 4.98. The van der Waals surface area contributed by atoms with Crippen molar-refractivity contribution >= 4 is 39.3 Å². The number of thioether (sulfide) groups is 1. The first kappa shape index (κ1) is 22.8. The lowest BCUT2D eigenvalue weighted by atomic mass is 10.0. The second-order valence-corrected chi connectivity index (χ2v) is 10.9. The summed E-state index contributed by atoms with van der Waals surface area (Å²) in [6.45, 7) is 0.0510. The average molecular weight is 574 g/mol. The molecule has 13 heteroatoms. The Morgan fingerprint density at radius 3 is 2.71 bits per heavy atom. The van der Waals surface area contributed by atoms with Crippen molar-refractivity contribution in [1.82, 2.24) is 20.0 Å². The summed E-state index contributed by atoms with van der Waals surface area (Å²) < 4.78 is 42.2. The molecule has 6 unspecified atom stereocenters. The normalized spacial score (nSPS) is 34.1. The summed E-state index contributed by atoms with van der Waals surface area (Å²) in [7, 11) is 0. The molecule has 3 aliphatic rings. The summed E-state index contributed by atoms with van der Waals surface area (Å²) in [4.78, 5) is 4.92. The van der Waals surface area contributed by atoms with E-state index in [9.17, 15) is 19.0 Å². The Balaban J connectivity index is 1.31. The molecule has 2 aliphatic heterocycles. The van der Waals surface area contributed by atoms with Crippen LogP contribution in [-0.2, 0) is 9.47 Å². The maximum absolute atomic E-state index is 13.9. The van der Waals surface area contributed by atoms with Crippen LogP contribution in [0.15, 0.2) is 46.2 Å². The first-order valence-electron chi connectivity index (χ1n) is 10.3. The van der Waals surface area contributed by atoms with Gasteiger partial charge in [-0.1, -0.05) is 28.6 Å². The van der Waals surface area contributed by atoms with Crippen molar-refractivity contribution in [3.63, 3.8) is 0 Å². The van der Waals surface area contributed by atoms with Crippen molar-refractivity contribution in [3.8, 4) is 11.3 Å². The van der Waals surface area contributed by atoms with Crippen LogP contribution < -0.4 is 0 Å². The third-order valence-electron chi connectivity index (χ3n) is 6.45. The Hall–Kier alpha value is -1.67. The Morgan fingerprint density at radius 2 is 1.97 bits per heavy atom. The van der Waals surface area contributed by atoms with Crippen LogP contribution in [0.5, 0.6) is 0 Å². The van der Waals surface area contributed by atoms with Crippen molar-refractivity contribution in [3.05, 3.63) is 57.9 Å². The van der Waals surface area contributed by atoms with E-state index in [2.05, 4.69) is 31.2 Å². The molecule has 1 spiro atoms. The van der Waals surface area contributed by atoms with E-state index in [0.717, 1.165) is 21.5 Å². The van der Waals surface area contributed by atoms with Gasteiger partial charge in [-0.25, -0.2) is 13.5 Å². The number of aliphatic hydroxyl groups excluding tert-OH is 2. The van der Waals surface area contributed by atoms with E-state index >= 15 is 0 Å². The van der Waals surface area contributed by atoms with Crippen LogP contribution in [0.2, 0.25) is 5.02 Å². The Kier molecular flexibility index (Phi) is 5.48. The topological polar surface area (TPSA) is 103 Å². The smallest absolute Gasteiger partial charge is 0.145 e. The highest BCUT2D eigenvalue weighted by Gasteiger charge is 2.81. The molecule has 1 saturated carbocycles. The zero-order valence-electron chi connectivity index (χ0n) is 17.1. The van der Waals surface area contributed by atoms with Crippen molar-refractivity contribution in [2.75, 3.05) is 6.61 Å². The first-order valence-corrected chi connectivity index (χ1v) is 12.3. The second kappa shape index (κ2) is 8.19. The summed E-state index contributed by atoms with van der Waals surface area (Å²) in [5, 5.41) is 29.3. The van der Waals surface area contributed by atoms with Gasteiger partial charge in [-0.2, -0.15) is 0 Å². The summed E-state index contributed by atoms with van der Waals surface area (Å²) in [6, 6.07) is 3.52. The van der Waals surface area contributed by atoms with E-state index in [1.807, 2.05) is 6.07 Å². The minimum atomic E-state index is -0.979. The number of aromatic nitrogens is 4. The molecule has 2 N–H and O–H groups in total. The van der Waals surface area contributed by atoms with Gasteiger partial charge >= 0.3 is 0 Å². The zero-order valence-corrected chi connectivity index (χ0v) is 20.2. The minimum absolute atomic E-state index is 0.0510. The van der Waals surface area contributed by atoms with Crippen LogP contribution in [0.1, 0.15) is 6.04 Å². The van der Waals surface area contributed by atoms with E-state index in [1.54, 1.807) is 12.4 Å². The molecule has 0 radical (unpaired) electrons. The van der Waals surface area contributed by atoms with Crippen molar-refractivity contribution < 1.29 is 28.5 Å². The van der Waals surface area contributed by atoms with Gasteiger partial charge in [-0.05, 0) is 34.1 Å². The van der Waals surface area contributed by atoms with Crippen molar-refractivity contribution in [2.24, 2.45) is 5.92 Å². The molecule has 3 aromatic rings. The predicted octanol–water partition coefficient (Wildman–Crippen LogP) is 3.21. The molecule has 0 amide bonds. The highest BCUT2D eigenvalue weighted by Crippen LogP contribution is 2.67. The summed E-state index contributed by atoms with van der Waals surface area (Å²) >= 11 is 10.2. The lowest BCUT2D eigenvalue weighted by Gasteiger charge is -2.34. The highest BCUT2D eigenvalue weighted by atomic mass is 79.9. The van der Waals surface area contributed by atoms with Gasteiger partial charge in [0.05, 0.1) is 24.9 Å². The molecule has 34 heavy (non-hydrogen) atoms.